The van der Waals surface area contributed by atoms with Crippen molar-refractivity contribution >= 4 is 16.9 Å². The van der Waals surface area contributed by atoms with Gasteiger partial charge in [0.15, 0.2) is 11.5 Å². The third kappa shape index (κ3) is 4.87. The predicted octanol–water partition coefficient (Wildman–Crippen LogP) is 4.28. The van der Waals surface area contributed by atoms with Crippen molar-refractivity contribution in [3.8, 4) is 11.5 Å². The van der Waals surface area contributed by atoms with Gasteiger partial charge in [-0.05, 0) is 28.8 Å². The maximum absolute atomic E-state index is 11.2. The number of carbonyl (C=O) groups is 1. The first-order chi connectivity index (χ1) is 15.1. The second kappa shape index (κ2) is 9.36. The van der Waals surface area contributed by atoms with Gasteiger partial charge in [-0.2, -0.15) is 0 Å². The molecule has 0 bridgehead atoms. The highest BCUT2D eigenvalue weighted by molar-refractivity contribution is 5.91. The molecule has 0 fully saturated rings. The van der Waals surface area contributed by atoms with Crippen LogP contribution in [-0.4, -0.2) is 22.1 Å². The van der Waals surface area contributed by atoms with Crippen molar-refractivity contribution in [1.82, 2.24) is 4.98 Å². The number of carboxylic acid groups (broad SMARTS) is 1. The maximum Gasteiger partial charge on any atom is 0.320 e. The minimum absolute atomic E-state index is 0.220. The highest BCUT2D eigenvalue weighted by Gasteiger charge is 2.19. The summed E-state index contributed by atoms with van der Waals surface area (Å²) in [5, 5.41) is 10.0. The van der Waals surface area contributed by atoms with E-state index in [1.165, 1.54) is 0 Å². The van der Waals surface area contributed by atoms with Crippen LogP contribution in [-0.2, 0) is 24.4 Å². The minimum Gasteiger partial charge on any atom is -0.485 e. The summed E-state index contributed by atoms with van der Waals surface area (Å²) >= 11 is 0. The molecule has 0 saturated heterocycles. The molecule has 0 amide bonds. The Bertz CT molecular complexity index is 1160. The standard InChI is InChI=1S/C25H24N2O4/c26-21(25(28)29)13-19-14-27-23-20(19)11-12-22(30-15-17-7-3-1-4-8-17)24(23)31-16-18-9-5-2-6-10-18/h1-12,14,21,27H,13,15-16,26H2,(H,28,29)/t21-/m0/s1. The normalized spacial score (nSPS) is 11.9. The van der Waals surface area contributed by atoms with Gasteiger partial charge in [-0.3, -0.25) is 4.79 Å². The average molecular weight is 416 g/mol. The Morgan fingerprint density at radius 3 is 2.13 bits per heavy atom. The fraction of sp³-hybridized carbons (Fsp3) is 0.160. The number of aromatic nitrogens is 1. The fourth-order valence-electron chi connectivity index (χ4n) is 3.43. The summed E-state index contributed by atoms with van der Waals surface area (Å²) in [4.78, 5) is 14.4. The second-order valence-corrected chi connectivity index (χ2v) is 7.33. The number of nitrogens with one attached hydrogen (secondary N) is 1. The molecule has 0 aliphatic carbocycles. The van der Waals surface area contributed by atoms with Crippen molar-refractivity contribution in [2.45, 2.75) is 25.7 Å². The lowest BCUT2D eigenvalue weighted by Crippen LogP contribution is -2.32. The van der Waals surface area contributed by atoms with Crippen LogP contribution in [0.4, 0.5) is 0 Å². The number of ether oxygens (including phenoxy) is 2. The van der Waals surface area contributed by atoms with E-state index in [1.54, 1.807) is 6.20 Å². The van der Waals surface area contributed by atoms with E-state index < -0.39 is 12.0 Å². The van der Waals surface area contributed by atoms with E-state index in [-0.39, 0.29) is 6.42 Å². The smallest absolute Gasteiger partial charge is 0.320 e. The molecular formula is C25H24N2O4. The van der Waals surface area contributed by atoms with E-state index in [4.69, 9.17) is 20.3 Å². The summed E-state index contributed by atoms with van der Waals surface area (Å²) in [6.07, 6.45) is 2.00. The largest absolute Gasteiger partial charge is 0.485 e. The van der Waals surface area contributed by atoms with Crippen molar-refractivity contribution in [2.24, 2.45) is 5.73 Å². The molecule has 0 unspecified atom stereocenters. The number of hydrogen-bond acceptors (Lipinski definition) is 4. The lowest BCUT2D eigenvalue weighted by molar-refractivity contribution is -0.138. The van der Waals surface area contributed by atoms with Crippen LogP contribution >= 0.6 is 0 Å². The highest BCUT2D eigenvalue weighted by atomic mass is 16.5. The van der Waals surface area contributed by atoms with Gasteiger partial charge in [0.25, 0.3) is 0 Å². The van der Waals surface area contributed by atoms with Crippen molar-refractivity contribution in [3.63, 3.8) is 0 Å². The Kier molecular flexibility index (Phi) is 6.19. The van der Waals surface area contributed by atoms with Crippen molar-refractivity contribution in [1.29, 1.82) is 0 Å². The molecule has 4 N–H and O–H groups in total. The van der Waals surface area contributed by atoms with E-state index in [0.717, 1.165) is 27.6 Å². The van der Waals surface area contributed by atoms with Crippen LogP contribution in [0.15, 0.2) is 79.0 Å². The van der Waals surface area contributed by atoms with Crippen molar-refractivity contribution in [3.05, 3.63) is 95.7 Å². The second-order valence-electron chi connectivity index (χ2n) is 7.33. The Hall–Kier alpha value is -3.77. The molecule has 1 heterocycles. The first-order valence-electron chi connectivity index (χ1n) is 10.1. The van der Waals surface area contributed by atoms with Crippen molar-refractivity contribution in [2.75, 3.05) is 0 Å². The summed E-state index contributed by atoms with van der Waals surface area (Å²) < 4.78 is 12.3. The van der Waals surface area contributed by atoms with Crippen LogP contribution in [0.25, 0.3) is 10.9 Å². The molecule has 0 radical (unpaired) electrons. The van der Waals surface area contributed by atoms with Gasteiger partial charge >= 0.3 is 5.97 Å². The Balaban J connectivity index is 1.65. The summed E-state index contributed by atoms with van der Waals surface area (Å²) in [5.74, 6) is 0.174. The number of benzene rings is 3. The molecule has 1 atom stereocenters. The highest BCUT2D eigenvalue weighted by Crippen LogP contribution is 2.37. The van der Waals surface area contributed by atoms with E-state index in [9.17, 15) is 4.79 Å². The monoisotopic (exact) mass is 416 g/mol. The number of hydrogen-bond donors (Lipinski definition) is 3. The van der Waals surface area contributed by atoms with Crippen LogP contribution in [0.5, 0.6) is 11.5 Å². The molecule has 0 saturated carbocycles. The third-order valence-corrected chi connectivity index (χ3v) is 5.08. The Morgan fingerprint density at radius 2 is 1.52 bits per heavy atom. The minimum atomic E-state index is -1.03. The van der Waals surface area contributed by atoms with Crippen LogP contribution in [0.1, 0.15) is 16.7 Å². The van der Waals surface area contributed by atoms with Gasteiger partial charge in [0.1, 0.15) is 19.3 Å². The van der Waals surface area contributed by atoms with Gasteiger partial charge in [0, 0.05) is 18.0 Å². The predicted molar refractivity (Wildman–Crippen MR) is 119 cm³/mol. The molecule has 158 valence electrons. The van der Waals surface area contributed by atoms with Gasteiger partial charge in [0.05, 0.1) is 5.52 Å². The number of aliphatic carboxylic acids is 1. The SMILES string of the molecule is N[C@@H](Cc1c[nH]c2c(OCc3ccccc3)c(OCc3ccccc3)ccc12)C(=O)O. The van der Waals surface area contributed by atoms with E-state index in [2.05, 4.69) is 4.98 Å². The lowest BCUT2D eigenvalue weighted by atomic mass is 10.1. The summed E-state index contributed by atoms with van der Waals surface area (Å²) in [7, 11) is 0. The van der Waals surface area contributed by atoms with Gasteiger partial charge in [-0.25, -0.2) is 0 Å². The molecule has 6 nitrogen and oxygen atoms in total. The number of fused-ring (bicyclic) bond motifs is 1. The maximum atomic E-state index is 11.2. The Morgan fingerprint density at radius 1 is 0.903 bits per heavy atom. The first kappa shape index (κ1) is 20.5. The van der Waals surface area contributed by atoms with Gasteiger partial charge in [0.2, 0.25) is 0 Å². The summed E-state index contributed by atoms with van der Waals surface area (Å²) in [5.41, 5.74) is 9.41. The van der Waals surface area contributed by atoms with Gasteiger partial charge < -0.3 is 25.3 Å². The summed E-state index contributed by atoms with van der Waals surface area (Å²) in [6.45, 7) is 0.788. The van der Waals surface area contributed by atoms with E-state index in [1.807, 2.05) is 72.8 Å². The molecule has 3 aromatic carbocycles. The molecule has 4 aromatic rings. The number of aromatic amines is 1. The van der Waals surface area contributed by atoms with Crippen LogP contribution in [0.3, 0.4) is 0 Å². The van der Waals surface area contributed by atoms with Crippen LogP contribution in [0, 0.1) is 0 Å². The van der Waals surface area contributed by atoms with Crippen LogP contribution in [0.2, 0.25) is 0 Å². The lowest BCUT2D eigenvalue weighted by Gasteiger charge is -2.15. The van der Waals surface area contributed by atoms with Crippen LogP contribution < -0.4 is 15.2 Å². The number of rotatable bonds is 9. The molecule has 0 aliphatic rings. The van der Waals surface area contributed by atoms with Gasteiger partial charge in [-0.15, -0.1) is 0 Å². The first-order valence-corrected chi connectivity index (χ1v) is 10.1. The zero-order chi connectivity index (χ0) is 21.6. The van der Waals surface area contributed by atoms with E-state index >= 15 is 0 Å². The molecule has 31 heavy (non-hydrogen) atoms. The average Bonchev–Trinajstić information content (AvgIpc) is 3.20. The summed E-state index contributed by atoms with van der Waals surface area (Å²) in [6, 6.07) is 22.6. The molecule has 4 rings (SSSR count). The van der Waals surface area contributed by atoms with E-state index in [0.29, 0.717) is 24.7 Å². The zero-order valence-electron chi connectivity index (χ0n) is 17.0. The zero-order valence-corrected chi connectivity index (χ0v) is 17.0. The third-order valence-electron chi connectivity index (χ3n) is 5.08. The topological polar surface area (TPSA) is 97.6 Å². The number of nitrogens with two attached hydrogens (primary N) is 1. The molecule has 0 aliphatic heterocycles. The molecule has 1 aromatic heterocycles. The van der Waals surface area contributed by atoms with Gasteiger partial charge in [-0.1, -0.05) is 60.7 Å². The van der Waals surface area contributed by atoms with Crippen molar-refractivity contribution < 1.29 is 19.4 Å². The quantitative estimate of drug-likeness (QED) is 0.378. The fourth-order valence-corrected chi connectivity index (χ4v) is 3.43. The number of carboxylic acids is 1. The number of H-pyrrole nitrogens is 1. The molecule has 0 spiro atoms. The Labute approximate surface area is 180 Å². The molecular weight excluding hydrogens is 392 g/mol. The molecule has 6 heteroatoms.